The Balaban J connectivity index is 0.000000640. The van der Waals surface area contributed by atoms with E-state index in [0.717, 1.165) is 12.4 Å². The lowest BCUT2D eigenvalue weighted by Crippen LogP contribution is -2.47. The smallest absolute Gasteiger partial charge is 0.147 e. The standard InChI is InChI=1S/C10H14N4.2ClH/c1-4-13-5-6-14(9(1)8-13)10-7-11-2-3-12-10;;/h2-3,7,9H,1,4-6,8H2;2*1H. The van der Waals surface area contributed by atoms with Gasteiger partial charge in [-0.1, -0.05) is 0 Å². The van der Waals surface area contributed by atoms with Crippen LogP contribution < -0.4 is 4.90 Å². The summed E-state index contributed by atoms with van der Waals surface area (Å²) in [6.45, 7) is 4.73. The molecule has 0 saturated carbocycles. The van der Waals surface area contributed by atoms with E-state index in [2.05, 4.69) is 19.8 Å². The highest BCUT2D eigenvalue weighted by Crippen LogP contribution is 2.24. The van der Waals surface area contributed by atoms with Gasteiger partial charge in [-0.3, -0.25) is 9.88 Å². The third-order valence-electron chi connectivity index (χ3n) is 3.19. The molecular formula is C10H16Cl2N4. The summed E-state index contributed by atoms with van der Waals surface area (Å²) in [4.78, 5) is 13.4. The molecule has 2 atom stereocenters. The van der Waals surface area contributed by atoms with Crippen molar-refractivity contribution in [3.8, 4) is 0 Å². The lowest BCUT2D eigenvalue weighted by atomic mass is 10.2. The van der Waals surface area contributed by atoms with E-state index in [-0.39, 0.29) is 24.8 Å². The van der Waals surface area contributed by atoms with Crippen molar-refractivity contribution >= 4 is 30.6 Å². The second-order valence-corrected chi connectivity index (χ2v) is 4.00. The number of fused-ring (bicyclic) bond motifs is 2. The molecule has 2 aliphatic heterocycles. The van der Waals surface area contributed by atoms with Gasteiger partial charge in [0, 0.05) is 44.6 Å². The zero-order valence-electron chi connectivity index (χ0n) is 8.95. The first-order valence-corrected chi connectivity index (χ1v) is 5.18. The molecule has 0 aliphatic carbocycles. The molecule has 4 nitrogen and oxygen atoms in total. The second kappa shape index (κ2) is 5.66. The van der Waals surface area contributed by atoms with E-state index < -0.39 is 0 Å². The Morgan fingerprint density at radius 2 is 2.00 bits per heavy atom. The van der Waals surface area contributed by atoms with Gasteiger partial charge in [-0.15, -0.1) is 24.8 Å². The Kier molecular flexibility index (Phi) is 4.77. The van der Waals surface area contributed by atoms with Crippen molar-refractivity contribution in [3.63, 3.8) is 0 Å². The first-order chi connectivity index (χ1) is 6.93. The van der Waals surface area contributed by atoms with Crippen LogP contribution in [0.1, 0.15) is 6.42 Å². The summed E-state index contributed by atoms with van der Waals surface area (Å²) in [5.74, 6) is 1.04. The lowest BCUT2D eigenvalue weighted by Gasteiger charge is -2.34. The minimum atomic E-state index is 0. The van der Waals surface area contributed by atoms with Crippen LogP contribution in [0.4, 0.5) is 5.82 Å². The summed E-state index contributed by atoms with van der Waals surface area (Å²) in [5.41, 5.74) is 0. The Morgan fingerprint density at radius 3 is 2.75 bits per heavy atom. The number of hydrogen-bond acceptors (Lipinski definition) is 4. The summed E-state index contributed by atoms with van der Waals surface area (Å²) in [6, 6.07) is 0.667. The van der Waals surface area contributed by atoms with E-state index in [1.54, 1.807) is 12.4 Å². The normalized spacial score (nSPS) is 26.9. The van der Waals surface area contributed by atoms with Crippen molar-refractivity contribution in [1.29, 1.82) is 0 Å². The molecule has 2 saturated heterocycles. The van der Waals surface area contributed by atoms with Gasteiger partial charge in [0.1, 0.15) is 5.82 Å². The SMILES string of the molecule is Cl.Cl.c1cnc(N2CCN3CCC2C3)cn1. The summed E-state index contributed by atoms with van der Waals surface area (Å²) in [6.07, 6.45) is 6.65. The van der Waals surface area contributed by atoms with E-state index in [9.17, 15) is 0 Å². The molecule has 1 aromatic rings. The molecule has 3 heterocycles. The molecule has 0 amide bonds. The van der Waals surface area contributed by atoms with Crippen molar-refractivity contribution in [3.05, 3.63) is 18.6 Å². The van der Waals surface area contributed by atoms with E-state index in [1.165, 1.54) is 26.1 Å². The van der Waals surface area contributed by atoms with Gasteiger partial charge in [0.25, 0.3) is 0 Å². The summed E-state index contributed by atoms with van der Waals surface area (Å²) in [5, 5.41) is 0. The molecule has 2 fully saturated rings. The predicted octanol–water partition coefficient (Wildman–Crippen LogP) is 1.21. The first-order valence-electron chi connectivity index (χ1n) is 5.18. The van der Waals surface area contributed by atoms with Crippen molar-refractivity contribution in [2.45, 2.75) is 12.5 Å². The topological polar surface area (TPSA) is 32.3 Å². The fourth-order valence-electron chi connectivity index (χ4n) is 2.44. The van der Waals surface area contributed by atoms with Gasteiger partial charge < -0.3 is 4.90 Å². The third-order valence-corrected chi connectivity index (χ3v) is 3.19. The molecular weight excluding hydrogens is 247 g/mol. The highest BCUT2D eigenvalue weighted by molar-refractivity contribution is 5.85. The summed E-state index contributed by atoms with van der Waals surface area (Å²) < 4.78 is 0. The highest BCUT2D eigenvalue weighted by Gasteiger charge is 2.32. The van der Waals surface area contributed by atoms with Crippen LogP contribution in [0.25, 0.3) is 0 Å². The molecule has 3 rings (SSSR count). The minimum absolute atomic E-state index is 0. The Bertz CT molecular complexity index is 322. The largest absolute Gasteiger partial charge is 0.350 e. The number of anilines is 1. The van der Waals surface area contributed by atoms with Gasteiger partial charge in [-0.05, 0) is 6.42 Å². The van der Waals surface area contributed by atoms with Crippen LogP contribution >= 0.6 is 24.8 Å². The zero-order valence-corrected chi connectivity index (χ0v) is 10.6. The summed E-state index contributed by atoms with van der Waals surface area (Å²) in [7, 11) is 0. The fourth-order valence-corrected chi connectivity index (χ4v) is 2.44. The molecule has 6 heteroatoms. The number of aromatic nitrogens is 2. The van der Waals surface area contributed by atoms with E-state index >= 15 is 0 Å². The van der Waals surface area contributed by atoms with Gasteiger partial charge >= 0.3 is 0 Å². The van der Waals surface area contributed by atoms with Crippen LogP contribution in [-0.2, 0) is 0 Å². The van der Waals surface area contributed by atoms with Gasteiger partial charge in [0.2, 0.25) is 0 Å². The number of halogens is 2. The Morgan fingerprint density at radius 1 is 1.12 bits per heavy atom. The molecule has 90 valence electrons. The lowest BCUT2D eigenvalue weighted by molar-refractivity contribution is 0.310. The Hall–Kier alpha value is -0.580. The quantitative estimate of drug-likeness (QED) is 0.762. The van der Waals surface area contributed by atoms with Crippen molar-refractivity contribution in [1.82, 2.24) is 14.9 Å². The van der Waals surface area contributed by atoms with Gasteiger partial charge in [0.05, 0.1) is 6.20 Å². The van der Waals surface area contributed by atoms with Crippen molar-refractivity contribution in [2.75, 3.05) is 31.1 Å². The Labute approximate surface area is 108 Å². The molecule has 2 aliphatic rings. The number of rotatable bonds is 1. The maximum atomic E-state index is 4.36. The van der Waals surface area contributed by atoms with Crippen LogP contribution in [0.3, 0.4) is 0 Å². The van der Waals surface area contributed by atoms with E-state index in [1.807, 2.05) is 6.20 Å². The monoisotopic (exact) mass is 262 g/mol. The van der Waals surface area contributed by atoms with Crippen LogP contribution in [0.2, 0.25) is 0 Å². The van der Waals surface area contributed by atoms with Gasteiger partial charge in [-0.25, -0.2) is 4.98 Å². The second-order valence-electron chi connectivity index (χ2n) is 4.00. The molecule has 2 bridgehead atoms. The maximum absolute atomic E-state index is 4.36. The molecule has 0 spiro atoms. The molecule has 1 aromatic heterocycles. The molecule has 0 radical (unpaired) electrons. The minimum Gasteiger partial charge on any atom is -0.350 e. The molecule has 16 heavy (non-hydrogen) atoms. The van der Waals surface area contributed by atoms with Gasteiger partial charge in [0.15, 0.2) is 0 Å². The highest BCUT2D eigenvalue weighted by atomic mass is 35.5. The van der Waals surface area contributed by atoms with Crippen LogP contribution in [0.15, 0.2) is 18.6 Å². The third kappa shape index (κ3) is 2.39. The van der Waals surface area contributed by atoms with Crippen molar-refractivity contribution < 1.29 is 0 Å². The van der Waals surface area contributed by atoms with Crippen LogP contribution in [-0.4, -0.2) is 47.1 Å². The average molecular weight is 263 g/mol. The molecule has 2 unspecified atom stereocenters. The number of piperazine rings is 1. The first kappa shape index (κ1) is 13.5. The van der Waals surface area contributed by atoms with Crippen LogP contribution in [0, 0.1) is 0 Å². The zero-order chi connectivity index (χ0) is 9.38. The summed E-state index contributed by atoms with van der Waals surface area (Å²) >= 11 is 0. The molecule has 0 aromatic carbocycles. The maximum Gasteiger partial charge on any atom is 0.147 e. The fraction of sp³-hybridized carbons (Fsp3) is 0.600. The van der Waals surface area contributed by atoms with Crippen LogP contribution in [0.5, 0.6) is 0 Å². The molecule has 0 N–H and O–H groups in total. The average Bonchev–Trinajstić information content (AvgIpc) is 2.62. The van der Waals surface area contributed by atoms with Gasteiger partial charge in [-0.2, -0.15) is 0 Å². The van der Waals surface area contributed by atoms with Crippen molar-refractivity contribution in [2.24, 2.45) is 0 Å². The van der Waals surface area contributed by atoms with E-state index in [4.69, 9.17) is 0 Å². The number of hydrogen-bond donors (Lipinski definition) is 0. The van der Waals surface area contributed by atoms with E-state index in [0.29, 0.717) is 6.04 Å². The number of nitrogens with zero attached hydrogens (tertiary/aromatic N) is 4. The predicted molar refractivity (Wildman–Crippen MR) is 68.7 cm³/mol.